The molecule has 0 radical (unpaired) electrons. The van der Waals surface area contributed by atoms with Gasteiger partial charge in [0.1, 0.15) is 11.7 Å². The number of nitrogens with one attached hydrogen (secondary N) is 3. The third-order valence-corrected chi connectivity index (χ3v) is 5.36. The quantitative estimate of drug-likeness (QED) is 0.0398. The summed E-state index contributed by atoms with van der Waals surface area (Å²) in [6.45, 7) is 3.90. The second-order valence-electron chi connectivity index (χ2n) is 8.33. The number of ether oxygens (including phenoxy) is 3. The molecule has 2 aromatic carbocycles. The minimum Gasteiger partial charge on any atom is -0.488 e. The Labute approximate surface area is 225 Å². The molecule has 0 aliphatic heterocycles. The number of nitrogens with two attached hydrogens (primary N) is 3. The van der Waals surface area contributed by atoms with Crippen LogP contribution in [-0.2, 0) is 14.3 Å². The van der Waals surface area contributed by atoms with Gasteiger partial charge >= 0.3 is 0 Å². The van der Waals surface area contributed by atoms with Crippen LogP contribution in [0.25, 0.3) is 0 Å². The summed E-state index contributed by atoms with van der Waals surface area (Å²) in [5, 5.41) is 8.30. The fourth-order valence-corrected chi connectivity index (χ4v) is 3.40. The molecule has 0 saturated carbocycles. The first-order valence-electron chi connectivity index (χ1n) is 12.6. The summed E-state index contributed by atoms with van der Waals surface area (Å²) in [7, 11) is 0. The number of carbonyl (C=O) groups excluding carboxylic acids is 2. The molecule has 2 rings (SSSR count). The van der Waals surface area contributed by atoms with Crippen LogP contribution in [0.15, 0.2) is 38.8 Å². The number of amides is 2. The van der Waals surface area contributed by atoms with E-state index in [9.17, 15) is 19.2 Å². The largest absolute Gasteiger partial charge is 0.488 e. The van der Waals surface area contributed by atoms with Gasteiger partial charge in [0.05, 0.1) is 33.0 Å². The Balaban J connectivity index is 1.66. The Morgan fingerprint density at radius 1 is 0.949 bits per heavy atom. The van der Waals surface area contributed by atoms with Crippen LogP contribution in [0.2, 0.25) is 0 Å². The van der Waals surface area contributed by atoms with Crippen LogP contribution in [0.3, 0.4) is 0 Å². The summed E-state index contributed by atoms with van der Waals surface area (Å²) in [4.78, 5) is 52.3. The number of nitrogen functional groups attached to an aromatic ring is 1. The van der Waals surface area contributed by atoms with Gasteiger partial charge in [-0.2, -0.15) is 0 Å². The Hall–Kier alpha value is -4.17. The molecule has 2 aromatic rings. The van der Waals surface area contributed by atoms with Gasteiger partial charge in [-0.3, -0.25) is 24.2 Å². The van der Waals surface area contributed by atoms with Crippen LogP contribution < -0.4 is 48.7 Å². The minimum atomic E-state index is -0.812. The highest BCUT2D eigenvalue weighted by Crippen LogP contribution is 2.19. The maximum atomic E-state index is 12.7. The zero-order chi connectivity index (χ0) is 28.6. The van der Waals surface area contributed by atoms with Gasteiger partial charge in [0.25, 0.3) is 16.8 Å². The summed E-state index contributed by atoms with van der Waals surface area (Å²) in [6.07, 6.45) is 0.757. The van der Waals surface area contributed by atoms with E-state index in [-0.39, 0.29) is 49.0 Å². The molecule has 14 nitrogen and oxygen atoms in total. The fraction of sp³-hybridized carbons (Fsp3) is 0.480. The average Bonchev–Trinajstić information content (AvgIpc) is 2.92. The molecular formula is C25H37N7O7. The van der Waals surface area contributed by atoms with Crippen molar-refractivity contribution >= 4 is 29.1 Å². The summed E-state index contributed by atoms with van der Waals surface area (Å²) >= 11 is 0. The fourth-order valence-electron chi connectivity index (χ4n) is 3.40. The van der Waals surface area contributed by atoms with E-state index < -0.39 is 16.9 Å². The lowest BCUT2D eigenvalue weighted by Crippen LogP contribution is -2.45. The zero-order valence-electron chi connectivity index (χ0n) is 22.0. The smallest absolute Gasteiger partial charge is 0.272 e. The van der Waals surface area contributed by atoms with E-state index in [1.807, 2.05) is 0 Å². The first-order valence-corrected chi connectivity index (χ1v) is 12.6. The van der Waals surface area contributed by atoms with E-state index in [0.717, 1.165) is 0 Å². The lowest BCUT2D eigenvalue weighted by Gasteiger charge is -2.21. The highest BCUT2D eigenvalue weighted by atomic mass is 16.5. The predicted molar refractivity (Wildman–Crippen MR) is 148 cm³/mol. The third kappa shape index (κ3) is 10.6. The van der Waals surface area contributed by atoms with Gasteiger partial charge < -0.3 is 47.4 Å². The number of hydrogen-bond donors (Lipinski definition) is 6. The highest BCUT2D eigenvalue weighted by Gasteiger charge is 2.27. The highest BCUT2D eigenvalue weighted by molar-refractivity contribution is 5.94. The molecule has 0 spiro atoms. The monoisotopic (exact) mass is 547 g/mol. The van der Waals surface area contributed by atoms with E-state index in [2.05, 4.69) is 20.9 Å². The molecule has 39 heavy (non-hydrogen) atoms. The SMILES string of the molecule is CCOc1c(NC(CCCN=C(N)N)C(=O)NCCOCCOCCNC(=O)c2ccc(N)cc2)c(=O)c1=O. The van der Waals surface area contributed by atoms with Crippen molar-refractivity contribution in [3.05, 3.63) is 50.3 Å². The van der Waals surface area contributed by atoms with Gasteiger partial charge in [-0.25, -0.2) is 0 Å². The van der Waals surface area contributed by atoms with Crippen molar-refractivity contribution in [2.24, 2.45) is 16.5 Å². The van der Waals surface area contributed by atoms with Gasteiger partial charge in [0.15, 0.2) is 11.7 Å². The molecule has 214 valence electrons. The van der Waals surface area contributed by atoms with Gasteiger partial charge in [0, 0.05) is 30.9 Å². The summed E-state index contributed by atoms with van der Waals surface area (Å²) < 4.78 is 16.1. The normalized spacial score (nSPS) is 11.5. The third-order valence-electron chi connectivity index (χ3n) is 5.36. The van der Waals surface area contributed by atoms with E-state index in [1.54, 1.807) is 31.2 Å². The Kier molecular flexibility index (Phi) is 13.2. The van der Waals surface area contributed by atoms with E-state index >= 15 is 0 Å². The number of anilines is 2. The van der Waals surface area contributed by atoms with E-state index in [4.69, 9.17) is 31.4 Å². The number of rotatable bonds is 19. The van der Waals surface area contributed by atoms with Crippen LogP contribution in [0, 0.1) is 0 Å². The van der Waals surface area contributed by atoms with Crippen LogP contribution >= 0.6 is 0 Å². The molecule has 0 heterocycles. The maximum Gasteiger partial charge on any atom is 0.272 e. The van der Waals surface area contributed by atoms with Crippen LogP contribution in [-0.4, -0.2) is 76.5 Å². The standard InChI is InChI=1S/C25H37N7O7/c1-2-39-22-19(20(33)21(22)34)32-18(4-3-9-31-25(27)28)24(36)30-11-13-38-15-14-37-12-10-29-23(35)16-5-7-17(26)8-6-16/h5-8,18,32H,2-4,9-15,26H2,1H3,(H,29,35)(H,30,36)(H4,27,28,31). The molecule has 0 saturated heterocycles. The van der Waals surface area contributed by atoms with Crippen molar-refractivity contribution in [1.29, 1.82) is 0 Å². The maximum absolute atomic E-state index is 12.7. The molecule has 9 N–H and O–H groups in total. The molecule has 0 aliphatic carbocycles. The molecule has 0 aliphatic rings. The van der Waals surface area contributed by atoms with Gasteiger partial charge in [0.2, 0.25) is 5.91 Å². The summed E-state index contributed by atoms with van der Waals surface area (Å²) in [5.41, 5.74) is 15.9. The van der Waals surface area contributed by atoms with Crippen molar-refractivity contribution < 1.29 is 23.8 Å². The first-order chi connectivity index (χ1) is 18.7. The van der Waals surface area contributed by atoms with Gasteiger partial charge in [-0.05, 0) is 44.0 Å². The van der Waals surface area contributed by atoms with Crippen molar-refractivity contribution in [2.45, 2.75) is 25.8 Å². The predicted octanol–water partition coefficient (Wildman–Crippen LogP) is -1.32. The number of benzene rings is 1. The number of nitrogens with zero attached hydrogens (tertiary/aromatic N) is 1. The zero-order valence-corrected chi connectivity index (χ0v) is 22.0. The first kappa shape index (κ1) is 31.1. The minimum absolute atomic E-state index is 0.0121. The molecule has 0 aromatic heterocycles. The molecule has 0 fully saturated rings. The van der Waals surface area contributed by atoms with Crippen molar-refractivity contribution in [2.75, 3.05) is 63.7 Å². The number of carbonyl (C=O) groups is 2. The second kappa shape index (κ2) is 16.6. The van der Waals surface area contributed by atoms with Crippen LogP contribution in [0.4, 0.5) is 11.4 Å². The Bertz CT molecular complexity index is 1160. The van der Waals surface area contributed by atoms with Crippen molar-refractivity contribution in [1.82, 2.24) is 10.6 Å². The molecule has 14 heteroatoms. The lowest BCUT2D eigenvalue weighted by molar-refractivity contribution is -0.122. The topological polar surface area (TPSA) is 222 Å². The van der Waals surface area contributed by atoms with Crippen LogP contribution in [0.5, 0.6) is 5.75 Å². The van der Waals surface area contributed by atoms with Crippen LogP contribution in [0.1, 0.15) is 30.1 Å². The summed E-state index contributed by atoms with van der Waals surface area (Å²) in [5.74, 6) is -0.730. The molecule has 1 atom stereocenters. The second-order valence-corrected chi connectivity index (χ2v) is 8.33. The number of aliphatic imine (C=N–C) groups is 1. The van der Waals surface area contributed by atoms with E-state index in [1.165, 1.54) is 0 Å². The average molecular weight is 548 g/mol. The number of guanidine groups is 1. The molecular weight excluding hydrogens is 510 g/mol. The molecule has 0 bridgehead atoms. The Morgan fingerprint density at radius 2 is 1.59 bits per heavy atom. The molecule has 2 amide bonds. The van der Waals surface area contributed by atoms with Crippen molar-refractivity contribution in [3.8, 4) is 5.75 Å². The van der Waals surface area contributed by atoms with Gasteiger partial charge in [-0.1, -0.05) is 0 Å². The Morgan fingerprint density at radius 3 is 2.21 bits per heavy atom. The van der Waals surface area contributed by atoms with Crippen molar-refractivity contribution in [3.63, 3.8) is 0 Å². The lowest BCUT2D eigenvalue weighted by atomic mass is 10.1. The molecule has 1 unspecified atom stereocenters. The summed E-state index contributed by atoms with van der Waals surface area (Å²) in [6, 6.07) is 5.79. The number of hydrogen-bond acceptors (Lipinski definition) is 10. The van der Waals surface area contributed by atoms with Gasteiger partial charge in [-0.15, -0.1) is 0 Å². The van der Waals surface area contributed by atoms with E-state index in [0.29, 0.717) is 57.0 Å².